The molecule has 2 fully saturated rings. The van der Waals surface area contributed by atoms with Gasteiger partial charge in [-0.3, -0.25) is 4.90 Å². The Morgan fingerprint density at radius 1 is 0.972 bits per heavy atom. The summed E-state index contributed by atoms with van der Waals surface area (Å²) >= 11 is 14.4. The number of benzene rings is 2. The van der Waals surface area contributed by atoms with E-state index in [1.807, 2.05) is 42.5 Å². The maximum atomic E-state index is 14.7. The van der Waals surface area contributed by atoms with Gasteiger partial charge in [0.1, 0.15) is 6.17 Å². The van der Waals surface area contributed by atoms with Gasteiger partial charge in [0.2, 0.25) is 0 Å². The van der Waals surface area contributed by atoms with E-state index in [1.54, 1.807) is 11.3 Å². The Morgan fingerprint density at radius 3 is 2.50 bits per heavy atom. The van der Waals surface area contributed by atoms with Gasteiger partial charge >= 0.3 is 0 Å². The average Bonchev–Trinajstić information content (AvgIpc) is 3.53. The topological polar surface area (TPSA) is 6.48 Å². The standard InChI is InChI=1S/C30H35Cl2FN2S/c31-27-7-6-24(30(32)16-27)17-35-19-26(29(20-35)25-10-13-36-21-25)18-34-11-8-23(9-12-34)15-28(33)14-22-4-2-1-3-5-22/h1-7,10,13,16,21,23,26,28-29H,8-9,11-12,14-15,17-20H2/t26-,28?,29+/m0/s1. The second kappa shape index (κ2) is 12.4. The van der Waals surface area contributed by atoms with Gasteiger partial charge in [-0.1, -0.05) is 59.6 Å². The molecular formula is C30H35Cl2FN2S. The number of piperidine rings is 1. The Morgan fingerprint density at radius 2 is 1.78 bits per heavy atom. The first kappa shape index (κ1) is 26.2. The largest absolute Gasteiger partial charge is 0.303 e. The van der Waals surface area contributed by atoms with Gasteiger partial charge in [-0.2, -0.15) is 11.3 Å². The fourth-order valence-corrected chi connectivity index (χ4v) is 7.27. The number of rotatable bonds is 9. The predicted molar refractivity (Wildman–Crippen MR) is 151 cm³/mol. The molecule has 3 aromatic rings. The average molecular weight is 546 g/mol. The van der Waals surface area contributed by atoms with Crippen LogP contribution in [0.3, 0.4) is 0 Å². The second-order valence-electron chi connectivity index (χ2n) is 10.6. The Balaban J connectivity index is 1.14. The van der Waals surface area contributed by atoms with Crippen molar-refractivity contribution in [2.45, 2.75) is 44.3 Å². The molecule has 3 atom stereocenters. The smallest absolute Gasteiger partial charge is 0.104 e. The van der Waals surface area contributed by atoms with E-state index in [0.717, 1.165) is 68.3 Å². The Hall–Kier alpha value is -1.43. The molecule has 5 rings (SSSR count). The lowest BCUT2D eigenvalue weighted by atomic mass is 9.87. The number of hydrogen-bond acceptors (Lipinski definition) is 3. The quantitative estimate of drug-likeness (QED) is 0.269. The van der Waals surface area contributed by atoms with Gasteiger partial charge in [0.15, 0.2) is 0 Å². The third kappa shape index (κ3) is 6.90. The van der Waals surface area contributed by atoms with Crippen LogP contribution in [0.25, 0.3) is 0 Å². The molecule has 1 aromatic heterocycles. The van der Waals surface area contributed by atoms with Crippen molar-refractivity contribution in [2.75, 3.05) is 32.7 Å². The minimum absolute atomic E-state index is 0.500. The number of halogens is 3. The molecule has 0 radical (unpaired) electrons. The minimum Gasteiger partial charge on any atom is -0.303 e. The van der Waals surface area contributed by atoms with Crippen molar-refractivity contribution < 1.29 is 4.39 Å². The summed E-state index contributed by atoms with van der Waals surface area (Å²) in [6.45, 7) is 6.26. The molecule has 0 aliphatic carbocycles. The van der Waals surface area contributed by atoms with Gasteiger partial charge in [0.05, 0.1) is 0 Å². The van der Waals surface area contributed by atoms with Crippen LogP contribution in [0.1, 0.15) is 41.9 Å². The first-order valence-corrected chi connectivity index (χ1v) is 14.8. The lowest BCUT2D eigenvalue weighted by molar-refractivity contribution is 0.135. The van der Waals surface area contributed by atoms with Gasteiger partial charge in [0, 0.05) is 48.6 Å². The fourth-order valence-electron chi connectivity index (χ4n) is 6.08. The molecule has 6 heteroatoms. The number of alkyl halides is 1. The van der Waals surface area contributed by atoms with Crippen LogP contribution < -0.4 is 0 Å². The maximum absolute atomic E-state index is 14.7. The summed E-state index contributed by atoms with van der Waals surface area (Å²) in [5.74, 6) is 1.63. The predicted octanol–water partition coefficient (Wildman–Crippen LogP) is 7.95. The van der Waals surface area contributed by atoms with Gasteiger partial charge in [-0.05, 0) is 89.8 Å². The van der Waals surface area contributed by atoms with Crippen molar-refractivity contribution in [3.05, 3.63) is 92.1 Å². The highest BCUT2D eigenvalue weighted by atomic mass is 35.5. The molecule has 192 valence electrons. The van der Waals surface area contributed by atoms with E-state index in [2.05, 4.69) is 32.7 Å². The first-order valence-electron chi connectivity index (χ1n) is 13.1. The lowest BCUT2D eigenvalue weighted by Crippen LogP contribution is -2.39. The zero-order chi connectivity index (χ0) is 24.9. The van der Waals surface area contributed by atoms with Crippen LogP contribution in [0.5, 0.6) is 0 Å². The summed E-state index contributed by atoms with van der Waals surface area (Å²) in [6, 6.07) is 18.2. The summed E-state index contributed by atoms with van der Waals surface area (Å²) in [5, 5.41) is 5.94. The van der Waals surface area contributed by atoms with Gasteiger partial charge in [-0.15, -0.1) is 0 Å². The minimum atomic E-state index is -0.741. The summed E-state index contributed by atoms with van der Waals surface area (Å²) in [5.41, 5.74) is 3.71. The van der Waals surface area contributed by atoms with Gasteiger partial charge in [-0.25, -0.2) is 4.39 Å². The monoisotopic (exact) mass is 544 g/mol. The SMILES string of the molecule is FC(Cc1ccccc1)CC1CCN(C[C@H]2CN(Cc3ccc(Cl)cc3Cl)C[C@@H]2c2ccsc2)CC1. The maximum Gasteiger partial charge on any atom is 0.104 e. The number of hydrogen-bond donors (Lipinski definition) is 0. The summed E-state index contributed by atoms with van der Waals surface area (Å²) in [6.07, 6.45) is 2.71. The molecule has 2 nitrogen and oxygen atoms in total. The second-order valence-corrected chi connectivity index (χ2v) is 12.2. The van der Waals surface area contributed by atoms with E-state index < -0.39 is 6.17 Å². The van der Waals surface area contributed by atoms with Crippen LogP contribution in [-0.2, 0) is 13.0 Å². The molecule has 2 aliphatic heterocycles. The third-order valence-corrected chi connectivity index (χ3v) is 9.27. The number of likely N-dealkylation sites (tertiary alicyclic amines) is 2. The first-order chi connectivity index (χ1) is 17.5. The highest BCUT2D eigenvalue weighted by molar-refractivity contribution is 7.08. The van der Waals surface area contributed by atoms with E-state index in [-0.39, 0.29) is 0 Å². The number of nitrogens with zero attached hydrogens (tertiary/aromatic N) is 2. The van der Waals surface area contributed by atoms with Crippen molar-refractivity contribution in [3.8, 4) is 0 Å². The Labute approximate surface area is 229 Å². The molecule has 1 unspecified atom stereocenters. The van der Waals surface area contributed by atoms with Crippen LogP contribution in [0, 0.1) is 11.8 Å². The van der Waals surface area contributed by atoms with Crippen LogP contribution >= 0.6 is 34.5 Å². The van der Waals surface area contributed by atoms with E-state index in [1.165, 1.54) is 5.56 Å². The van der Waals surface area contributed by atoms with Crippen molar-refractivity contribution in [3.63, 3.8) is 0 Å². The van der Waals surface area contributed by atoms with Crippen LogP contribution in [-0.4, -0.2) is 48.7 Å². The summed E-state index contributed by atoms with van der Waals surface area (Å²) < 4.78 is 14.7. The Kier molecular flexibility index (Phi) is 9.03. The van der Waals surface area contributed by atoms with Gasteiger partial charge in [0.25, 0.3) is 0 Å². The van der Waals surface area contributed by atoms with Crippen LogP contribution in [0.2, 0.25) is 10.0 Å². The van der Waals surface area contributed by atoms with Crippen molar-refractivity contribution in [1.82, 2.24) is 9.80 Å². The van der Waals surface area contributed by atoms with Crippen molar-refractivity contribution in [1.29, 1.82) is 0 Å². The molecule has 0 saturated carbocycles. The molecule has 36 heavy (non-hydrogen) atoms. The highest BCUT2D eigenvalue weighted by Crippen LogP contribution is 2.37. The Bertz CT molecular complexity index is 1090. The summed E-state index contributed by atoms with van der Waals surface area (Å²) in [7, 11) is 0. The molecular weight excluding hydrogens is 510 g/mol. The van der Waals surface area contributed by atoms with E-state index in [4.69, 9.17) is 23.2 Å². The fraction of sp³-hybridized carbons (Fsp3) is 0.467. The van der Waals surface area contributed by atoms with Crippen LogP contribution in [0.15, 0.2) is 65.4 Å². The highest BCUT2D eigenvalue weighted by Gasteiger charge is 2.36. The molecule has 0 bridgehead atoms. The lowest BCUT2D eigenvalue weighted by Gasteiger charge is -2.35. The van der Waals surface area contributed by atoms with Crippen molar-refractivity contribution in [2.24, 2.45) is 11.8 Å². The zero-order valence-corrected chi connectivity index (χ0v) is 23.0. The third-order valence-electron chi connectivity index (χ3n) is 7.99. The zero-order valence-electron chi connectivity index (χ0n) is 20.7. The van der Waals surface area contributed by atoms with Crippen molar-refractivity contribution >= 4 is 34.5 Å². The molecule has 0 N–H and O–H groups in total. The van der Waals surface area contributed by atoms with E-state index in [0.29, 0.717) is 35.6 Å². The molecule has 3 heterocycles. The number of thiophene rings is 1. The normalized spacial score (nSPS) is 22.8. The van der Waals surface area contributed by atoms with Gasteiger partial charge < -0.3 is 4.90 Å². The van der Waals surface area contributed by atoms with Crippen LogP contribution in [0.4, 0.5) is 4.39 Å². The van der Waals surface area contributed by atoms with E-state index >= 15 is 0 Å². The molecule has 2 aromatic carbocycles. The molecule has 2 saturated heterocycles. The molecule has 2 aliphatic rings. The molecule has 0 spiro atoms. The molecule has 0 amide bonds. The van der Waals surface area contributed by atoms with E-state index in [9.17, 15) is 4.39 Å². The summed E-state index contributed by atoms with van der Waals surface area (Å²) in [4.78, 5) is 5.18.